The summed E-state index contributed by atoms with van der Waals surface area (Å²) in [5, 5.41) is 6.51. The first-order valence-corrected chi connectivity index (χ1v) is 12.6. The molecule has 2 bridgehead atoms. The van der Waals surface area contributed by atoms with Gasteiger partial charge in [-0.15, -0.1) is 0 Å². The average Bonchev–Trinajstić information content (AvgIpc) is 3.55. The summed E-state index contributed by atoms with van der Waals surface area (Å²) in [7, 11) is 0. The molecule has 0 aromatic rings. The second-order valence-corrected chi connectivity index (χ2v) is 11.7. The highest BCUT2D eigenvalue weighted by Gasteiger charge is 2.59. The second-order valence-electron chi connectivity index (χ2n) is 11.7. The van der Waals surface area contributed by atoms with Crippen molar-refractivity contribution >= 4 is 29.5 Å². The zero-order valence-corrected chi connectivity index (χ0v) is 21.3. The largest absolute Gasteiger partial charge is 0.471 e. The average molecular weight is 544 g/mol. The zero-order valence-electron chi connectivity index (χ0n) is 23.3. The van der Waals surface area contributed by atoms with Crippen LogP contribution in [0.2, 0.25) is 0 Å². The van der Waals surface area contributed by atoms with E-state index in [1.165, 1.54) is 25.7 Å². The Bertz CT molecular complexity index is 1140. The van der Waals surface area contributed by atoms with Gasteiger partial charge in [0.25, 0.3) is 0 Å². The SMILES string of the molecule is [2H]C1([2H])C[C@@H](C[C@H](NC(=O)[C@@H]2[C@@H]3[C@H](CN2C(=O)[C@@H](NC(=O)C(F)(F)F)C(C)(C)C)[C@@H]2C=C[C@H]3C2)C(N)=O)C(=O)N1. The molecule has 5 N–H and O–H groups in total. The minimum Gasteiger partial charge on any atom is -0.368 e. The van der Waals surface area contributed by atoms with Gasteiger partial charge in [-0.1, -0.05) is 32.9 Å². The van der Waals surface area contributed by atoms with E-state index in [-0.39, 0.29) is 43.1 Å². The van der Waals surface area contributed by atoms with Crippen LogP contribution in [-0.4, -0.2) is 71.8 Å². The molecule has 3 fully saturated rings. The minimum atomic E-state index is -5.22. The molecule has 0 radical (unpaired) electrons. The van der Waals surface area contributed by atoms with E-state index in [9.17, 15) is 37.1 Å². The molecule has 0 spiro atoms. The van der Waals surface area contributed by atoms with E-state index in [4.69, 9.17) is 8.48 Å². The van der Waals surface area contributed by atoms with Gasteiger partial charge in [0.05, 0.1) is 0 Å². The van der Waals surface area contributed by atoms with Crippen molar-refractivity contribution in [2.75, 3.05) is 13.0 Å². The third kappa shape index (κ3) is 5.24. The van der Waals surface area contributed by atoms with Gasteiger partial charge in [0.2, 0.25) is 23.6 Å². The monoisotopic (exact) mass is 543 g/mol. The Labute approximate surface area is 221 Å². The van der Waals surface area contributed by atoms with E-state index in [0.717, 1.165) is 6.42 Å². The number of primary amides is 1. The van der Waals surface area contributed by atoms with Crippen molar-refractivity contribution < 1.29 is 39.9 Å². The zero-order chi connectivity index (χ0) is 29.9. The molecule has 2 aliphatic heterocycles. The molecule has 0 aromatic carbocycles. The van der Waals surface area contributed by atoms with Crippen LogP contribution < -0.4 is 21.7 Å². The van der Waals surface area contributed by atoms with Crippen LogP contribution in [0.25, 0.3) is 0 Å². The number of nitrogens with one attached hydrogen (secondary N) is 3. The first-order valence-electron chi connectivity index (χ1n) is 13.6. The lowest BCUT2D eigenvalue weighted by Crippen LogP contribution is -2.61. The maximum absolute atomic E-state index is 13.8. The molecule has 0 aromatic heterocycles. The van der Waals surface area contributed by atoms with Crippen molar-refractivity contribution in [3.63, 3.8) is 0 Å². The van der Waals surface area contributed by atoms with Crippen molar-refractivity contribution in [2.45, 2.75) is 64.3 Å². The number of hydrogen-bond acceptors (Lipinski definition) is 5. The highest BCUT2D eigenvalue weighted by atomic mass is 19.4. The van der Waals surface area contributed by atoms with Crippen LogP contribution in [0.15, 0.2) is 12.2 Å². The quantitative estimate of drug-likeness (QED) is 0.339. The number of amides is 5. The fraction of sp³-hybridized carbons (Fsp3) is 0.720. The topological polar surface area (TPSA) is 151 Å². The lowest BCUT2D eigenvalue weighted by Gasteiger charge is -2.37. The molecular weight excluding hydrogens is 507 g/mol. The number of carbonyl (C=O) groups is 5. The van der Waals surface area contributed by atoms with E-state index in [0.29, 0.717) is 0 Å². The molecule has 5 amide bonds. The Morgan fingerprint density at radius 1 is 1.18 bits per heavy atom. The number of allylic oxidation sites excluding steroid dienone is 2. The first kappa shape index (κ1) is 25.2. The number of fused-ring (bicyclic) bond motifs is 5. The molecule has 210 valence electrons. The number of nitrogens with zero attached hydrogens (tertiary/aromatic N) is 1. The van der Waals surface area contributed by atoms with Crippen LogP contribution in [0, 0.1) is 35.0 Å². The highest BCUT2D eigenvalue weighted by molar-refractivity contribution is 5.96. The summed E-state index contributed by atoms with van der Waals surface area (Å²) in [6.45, 7) is 2.59. The van der Waals surface area contributed by atoms with Gasteiger partial charge in [-0.2, -0.15) is 13.2 Å². The maximum Gasteiger partial charge on any atom is 0.471 e. The van der Waals surface area contributed by atoms with E-state index in [1.807, 2.05) is 12.2 Å². The molecular formula is C25H34F3N5O5. The van der Waals surface area contributed by atoms with E-state index in [1.54, 1.807) is 5.32 Å². The van der Waals surface area contributed by atoms with Crippen LogP contribution in [-0.2, 0) is 24.0 Å². The lowest BCUT2D eigenvalue weighted by molar-refractivity contribution is -0.176. The van der Waals surface area contributed by atoms with Gasteiger partial charge in [-0.3, -0.25) is 24.0 Å². The van der Waals surface area contributed by atoms with Gasteiger partial charge in [-0.25, -0.2) is 0 Å². The molecule has 10 nitrogen and oxygen atoms in total. The first-order chi connectivity index (χ1) is 18.3. The number of hydrogen-bond donors (Lipinski definition) is 4. The molecule has 0 unspecified atom stereocenters. The van der Waals surface area contributed by atoms with Gasteiger partial charge in [0, 0.05) is 21.7 Å². The molecule has 2 saturated heterocycles. The van der Waals surface area contributed by atoms with Crippen LogP contribution >= 0.6 is 0 Å². The molecule has 4 rings (SSSR count). The molecule has 38 heavy (non-hydrogen) atoms. The fourth-order valence-electron chi connectivity index (χ4n) is 6.24. The van der Waals surface area contributed by atoms with Crippen molar-refractivity contribution in [2.24, 2.45) is 40.7 Å². The summed E-state index contributed by atoms with van der Waals surface area (Å²) in [6, 6.07) is -4.11. The number of nitrogens with two attached hydrogens (primary N) is 1. The van der Waals surface area contributed by atoms with Crippen molar-refractivity contribution in [1.82, 2.24) is 20.9 Å². The summed E-state index contributed by atoms with van der Waals surface area (Å²) in [5.74, 6) is -6.90. The number of carbonyl (C=O) groups excluding carboxylic acids is 5. The Kier molecular flexibility index (Phi) is 6.55. The maximum atomic E-state index is 13.8. The van der Waals surface area contributed by atoms with Crippen LogP contribution in [0.4, 0.5) is 13.2 Å². The highest BCUT2D eigenvalue weighted by Crippen LogP contribution is 2.54. The number of halogens is 3. The van der Waals surface area contributed by atoms with Gasteiger partial charge >= 0.3 is 12.1 Å². The predicted molar refractivity (Wildman–Crippen MR) is 128 cm³/mol. The normalized spacial score (nSPS) is 33.6. The van der Waals surface area contributed by atoms with E-state index >= 15 is 0 Å². The molecule has 4 aliphatic rings. The molecule has 8 atom stereocenters. The third-order valence-corrected chi connectivity index (χ3v) is 8.10. The molecule has 1 saturated carbocycles. The van der Waals surface area contributed by atoms with Gasteiger partial charge in [0.1, 0.15) is 18.1 Å². The molecule has 2 aliphatic carbocycles. The van der Waals surface area contributed by atoms with Gasteiger partial charge in [-0.05, 0) is 48.3 Å². The Hall–Kier alpha value is -3.12. The standard InChI is InChI=1S/C25H34F3N5O5/c1-24(2,3)18(32-23(38)25(26,27)28)22(37)33-10-14-11-4-5-12(8-11)16(14)17(33)21(36)31-15(19(29)34)9-13-6-7-30-20(13)35/h4-5,11-18H,6-10H2,1-3H3,(H2,29,34)(H,30,35)(H,31,36)(H,32,38)/t11-,12+,13+,14-,15+,16+,17+,18-/m1/s1/i7D2. The number of likely N-dealkylation sites (tertiary alicyclic amines) is 1. The molecule has 2 heterocycles. The Balaban J connectivity index is 1.60. The van der Waals surface area contributed by atoms with Crippen molar-refractivity contribution in [3.8, 4) is 0 Å². The summed E-state index contributed by atoms with van der Waals surface area (Å²) in [5.41, 5.74) is 4.37. The molecule has 13 heteroatoms. The number of rotatable bonds is 7. The van der Waals surface area contributed by atoms with Crippen LogP contribution in [0.1, 0.15) is 42.8 Å². The fourth-order valence-corrected chi connectivity index (χ4v) is 6.24. The van der Waals surface area contributed by atoms with E-state index < -0.39 is 71.7 Å². The number of alkyl halides is 3. The third-order valence-electron chi connectivity index (χ3n) is 8.10. The smallest absolute Gasteiger partial charge is 0.368 e. The van der Waals surface area contributed by atoms with E-state index in [2.05, 4.69) is 10.6 Å². The lowest BCUT2D eigenvalue weighted by atomic mass is 9.81. The minimum absolute atomic E-state index is 0.0670. The summed E-state index contributed by atoms with van der Waals surface area (Å²) >= 11 is 0. The van der Waals surface area contributed by atoms with Gasteiger partial charge < -0.3 is 26.6 Å². The van der Waals surface area contributed by atoms with Gasteiger partial charge in [0.15, 0.2) is 0 Å². The van der Waals surface area contributed by atoms with Crippen LogP contribution in [0.3, 0.4) is 0 Å². The summed E-state index contributed by atoms with van der Waals surface area (Å²) in [4.78, 5) is 65.0. The Morgan fingerprint density at radius 3 is 2.39 bits per heavy atom. The van der Waals surface area contributed by atoms with Crippen molar-refractivity contribution in [1.29, 1.82) is 0 Å². The Morgan fingerprint density at radius 2 is 1.84 bits per heavy atom. The van der Waals surface area contributed by atoms with Crippen molar-refractivity contribution in [3.05, 3.63) is 12.2 Å². The summed E-state index contributed by atoms with van der Waals surface area (Å²) in [6.07, 6.45) is -1.01. The second kappa shape index (κ2) is 9.88. The van der Waals surface area contributed by atoms with Crippen LogP contribution in [0.5, 0.6) is 0 Å². The predicted octanol–water partition coefficient (Wildman–Crippen LogP) is 0.225. The summed E-state index contributed by atoms with van der Waals surface area (Å²) < 4.78 is 54.8.